The Morgan fingerprint density at radius 2 is 1.79 bits per heavy atom. The van der Waals surface area contributed by atoms with Gasteiger partial charge in [0.25, 0.3) is 0 Å². The predicted octanol–water partition coefficient (Wildman–Crippen LogP) is 1.67. The molecule has 0 rings (SSSR count). The Bertz CT molecular complexity index is 206. The summed E-state index contributed by atoms with van der Waals surface area (Å²) in [6.07, 6.45) is 4.19. The van der Waals surface area contributed by atoms with Crippen LogP contribution in [-0.4, -0.2) is 35.0 Å². The van der Waals surface area contributed by atoms with E-state index in [1.54, 1.807) is 18.7 Å². The van der Waals surface area contributed by atoms with Gasteiger partial charge in [0.2, 0.25) is 0 Å². The minimum absolute atomic E-state index is 0.00607. The molecule has 0 aromatic carbocycles. The van der Waals surface area contributed by atoms with Crippen molar-refractivity contribution >= 4 is 22.8 Å². The van der Waals surface area contributed by atoms with Crippen molar-refractivity contribution in [1.82, 2.24) is 5.32 Å². The van der Waals surface area contributed by atoms with E-state index in [2.05, 4.69) is 23.7 Å². The van der Waals surface area contributed by atoms with E-state index in [1.807, 2.05) is 6.26 Å². The highest BCUT2D eigenvalue weighted by Crippen LogP contribution is 1.97. The maximum Gasteiger partial charge on any atom is 0.313 e. The highest BCUT2D eigenvalue weighted by Gasteiger charge is 2.12. The molecule has 0 aliphatic rings. The molecule has 0 aromatic rings. The van der Waals surface area contributed by atoms with Crippen LogP contribution in [0.15, 0.2) is 0 Å². The normalized spacial score (nSPS) is 9.71. The maximum atomic E-state index is 11.0. The van der Waals surface area contributed by atoms with Gasteiger partial charge in [-0.3, -0.25) is 4.58 Å². The van der Waals surface area contributed by atoms with Crippen LogP contribution in [0.5, 0.6) is 0 Å². The summed E-state index contributed by atoms with van der Waals surface area (Å²) < 4.78 is 2.23. The summed E-state index contributed by atoms with van der Waals surface area (Å²) in [6.45, 7) is 7.85. The highest BCUT2D eigenvalue weighted by atomic mass is 32.2. The molecular formula is C10H21N2OS+. The lowest BCUT2D eigenvalue weighted by molar-refractivity contribution is -0.526. The van der Waals surface area contributed by atoms with Crippen LogP contribution in [0.3, 0.4) is 0 Å². The first-order valence-corrected chi connectivity index (χ1v) is 6.31. The van der Waals surface area contributed by atoms with Crippen molar-refractivity contribution < 1.29 is 9.37 Å². The van der Waals surface area contributed by atoms with E-state index >= 15 is 0 Å². The van der Waals surface area contributed by atoms with Gasteiger partial charge in [-0.2, -0.15) is 0 Å². The molecule has 1 amide bonds. The summed E-state index contributed by atoms with van der Waals surface area (Å²) in [6, 6.07) is 0. The Morgan fingerprint density at radius 3 is 2.07 bits per heavy atom. The van der Waals surface area contributed by atoms with Crippen LogP contribution in [0.2, 0.25) is 0 Å². The molecule has 0 saturated carbocycles. The van der Waals surface area contributed by atoms with E-state index in [0.717, 1.165) is 31.1 Å². The smallest absolute Gasteiger partial charge is 0.256 e. The van der Waals surface area contributed by atoms with Gasteiger partial charge in [0.1, 0.15) is 0 Å². The monoisotopic (exact) mass is 217 g/mol. The molecule has 0 aliphatic heterocycles. The fourth-order valence-electron chi connectivity index (χ4n) is 1.26. The van der Waals surface area contributed by atoms with E-state index in [1.165, 1.54) is 0 Å². The van der Waals surface area contributed by atoms with Crippen LogP contribution in [0.4, 0.5) is 0 Å². The molecule has 3 nitrogen and oxygen atoms in total. The van der Waals surface area contributed by atoms with Gasteiger partial charge in [-0.05, 0) is 30.9 Å². The van der Waals surface area contributed by atoms with E-state index in [4.69, 9.17) is 0 Å². The predicted molar refractivity (Wildman–Crippen MR) is 62.9 cm³/mol. The molecule has 82 valence electrons. The van der Waals surface area contributed by atoms with Gasteiger partial charge in [-0.1, -0.05) is 13.8 Å². The second-order valence-electron chi connectivity index (χ2n) is 3.18. The van der Waals surface area contributed by atoms with Crippen molar-refractivity contribution in [3.05, 3.63) is 0 Å². The summed E-state index contributed by atoms with van der Waals surface area (Å²) in [5.41, 5.74) is 0. The third-order valence-corrected chi connectivity index (χ3v) is 2.50. The summed E-state index contributed by atoms with van der Waals surface area (Å²) in [4.78, 5) is 11.0. The number of hydrogen-bond donors (Lipinski definition) is 1. The molecule has 1 N–H and O–H groups in total. The van der Waals surface area contributed by atoms with Crippen LogP contribution >= 0.6 is 11.8 Å². The van der Waals surface area contributed by atoms with Crippen molar-refractivity contribution in [2.75, 3.05) is 19.3 Å². The molecule has 0 atom stereocenters. The van der Waals surface area contributed by atoms with Gasteiger partial charge in [0.15, 0.2) is 0 Å². The number of thioether (sulfide) groups is 1. The number of hydrogen-bond acceptors (Lipinski definition) is 2. The summed E-state index contributed by atoms with van der Waals surface area (Å²) in [5, 5.41) is 3.84. The van der Waals surface area contributed by atoms with Gasteiger partial charge >= 0.3 is 11.1 Å². The zero-order valence-electron chi connectivity index (χ0n) is 9.59. The SMILES string of the molecule is CCC[N+](CCC)=C(NC(C)=O)SC. The number of amidine groups is 1. The third kappa shape index (κ3) is 5.27. The van der Waals surface area contributed by atoms with Crippen molar-refractivity contribution in [3.8, 4) is 0 Å². The van der Waals surface area contributed by atoms with E-state index < -0.39 is 0 Å². The fourth-order valence-corrected chi connectivity index (χ4v) is 1.95. The van der Waals surface area contributed by atoms with Gasteiger partial charge in [-0.25, -0.2) is 10.1 Å². The van der Waals surface area contributed by atoms with Gasteiger partial charge < -0.3 is 0 Å². The van der Waals surface area contributed by atoms with Crippen molar-refractivity contribution in [3.63, 3.8) is 0 Å². The maximum absolute atomic E-state index is 11.0. The average molecular weight is 217 g/mol. The van der Waals surface area contributed by atoms with Crippen LogP contribution < -0.4 is 5.32 Å². The number of rotatable bonds is 4. The van der Waals surface area contributed by atoms with Crippen LogP contribution in [0.1, 0.15) is 33.6 Å². The Kier molecular flexibility index (Phi) is 7.57. The average Bonchev–Trinajstić information content (AvgIpc) is 2.13. The van der Waals surface area contributed by atoms with Crippen molar-refractivity contribution in [2.24, 2.45) is 0 Å². The summed E-state index contributed by atoms with van der Waals surface area (Å²) in [5.74, 6) is 0.00607. The fraction of sp³-hybridized carbons (Fsp3) is 0.800. The molecular weight excluding hydrogens is 196 g/mol. The molecule has 0 saturated heterocycles. The quantitative estimate of drug-likeness (QED) is 0.441. The van der Waals surface area contributed by atoms with E-state index in [9.17, 15) is 4.79 Å². The van der Waals surface area contributed by atoms with Crippen LogP contribution in [0, 0.1) is 0 Å². The molecule has 4 heteroatoms. The van der Waals surface area contributed by atoms with Crippen LogP contribution in [0.25, 0.3) is 0 Å². The Balaban J connectivity index is 4.58. The molecule has 14 heavy (non-hydrogen) atoms. The number of carbonyl (C=O) groups is 1. The number of amides is 1. The first-order valence-electron chi connectivity index (χ1n) is 5.09. The second-order valence-corrected chi connectivity index (χ2v) is 3.97. The molecule has 0 radical (unpaired) electrons. The lowest BCUT2D eigenvalue weighted by Crippen LogP contribution is -2.35. The Morgan fingerprint density at radius 1 is 1.29 bits per heavy atom. The Hall–Kier alpha value is -0.510. The molecule has 0 aromatic heterocycles. The van der Waals surface area contributed by atoms with Crippen molar-refractivity contribution in [1.29, 1.82) is 0 Å². The standard InChI is InChI=1S/C10H20N2OS/c1-5-7-12(8-6-2)10(14-4)11-9(3)13/h5-8H2,1-4H3/p+1. The molecule has 0 heterocycles. The molecule has 0 spiro atoms. The molecule has 0 fully saturated rings. The topological polar surface area (TPSA) is 32.1 Å². The van der Waals surface area contributed by atoms with Crippen LogP contribution in [-0.2, 0) is 4.79 Å². The van der Waals surface area contributed by atoms with Gasteiger partial charge in [0.05, 0.1) is 13.1 Å². The van der Waals surface area contributed by atoms with E-state index in [-0.39, 0.29) is 5.91 Å². The van der Waals surface area contributed by atoms with Gasteiger partial charge in [-0.15, -0.1) is 0 Å². The lowest BCUT2D eigenvalue weighted by atomic mass is 10.4. The zero-order valence-corrected chi connectivity index (χ0v) is 10.4. The minimum atomic E-state index is 0.00607. The Labute approximate surface area is 91.0 Å². The minimum Gasteiger partial charge on any atom is -0.256 e. The van der Waals surface area contributed by atoms with E-state index in [0.29, 0.717) is 0 Å². The highest BCUT2D eigenvalue weighted by molar-refractivity contribution is 8.13. The molecule has 0 unspecified atom stereocenters. The largest absolute Gasteiger partial charge is 0.313 e. The summed E-state index contributed by atoms with van der Waals surface area (Å²) >= 11 is 1.60. The third-order valence-electron chi connectivity index (χ3n) is 1.75. The number of carbonyl (C=O) groups excluding carboxylic acids is 1. The van der Waals surface area contributed by atoms with Crippen molar-refractivity contribution in [2.45, 2.75) is 33.6 Å². The number of nitrogens with zero attached hydrogens (tertiary/aromatic N) is 1. The van der Waals surface area contributed by atoms with Gasteiger partial charge in [0, 0.05) is 6.92 Å². The molecule has 0 aliphatic carbocycles. The number of nitrogens with one attached hydrogen (secondary N) is 1. The first-order chi connectivity index (χ1) is 6.65. The summed E-state index contributed by atoms with van der Waals surface area (Å²) in [7, 11) is 0. The molecule has 0 bridgehead atoms. The second kappa shape index (κ2) is 7.85. The first kappa shape index (κ1) is 13.5. The zero-order chi connectivity index (χ0) is 11.0. The lowest BCUT2D eigenvalue weighted by Gasteiger charge is -2.08.